The van der Waals surface area contributed by atoms with Crippen LogP contribution in [0.25, 0.3) is 0 Å². The van der Waals surface area contributed by atoms with Gasteiger partial charge in [0.2, 0.25) is 0 Å². The molecule has 0 aromatic heterocycles. The van der Waals surface area contributed by atoms with E-state index in [2.05, 4.69) is 25.7 Å². The van der Waals surface area contributed by atoms with Crippen molar-refractivity contribution >= 4 is 6.09 Å². The maximum absolute atomic E-state index is 11.8. The first-order valence-electron chi connectivity index (χ1n) is 8.99. The van der Waals surface area contributed by atoms with Gasteiger partial charge in [0.1, 0.15) is 0 Å². The molecule has 0 aromatic rings. The van der Waals surface area contributed by atoms with Crippen molar-refractivity contribution in [2.75, 3.05) is 26.2 Å². The highest BCUT2D eigenvalue weighted by Crippen LogP contribution is 2.53. The van der Waals surface area contributed by atoms with E-state index in [0.29, 0.717) is 23.5 Å². The highest BCUT2D eigenvalue weighted by Gasteiger charge is 2.51. The molecule has 0 N–H and O–H groups in total. The van der Waals surface area contributed by atoms with E-state index in [4.69, 9.17) is 4.74 Å². The summed E-state index contributed by atoms with van der Waals surface area (Å²) in [6, 6.07) is 1.42. The van der Waals surface area contributed by atoms with E-state index in [-0.39, 0.29) is 6.09 Å². The Labute approximate surface area is 135 Å². The molecule has 1 amide bonds. The summed E-state index contributed by atoms with van der Waals surface area (Å²) in [5.41, 5.74) is 0.989. The molecule has 2 bridgehead atoms. The monoisotopic (exact) mass is 308 g/mol. The lowest BCUT2D eigenvalue weighted by Gasteiger charge is -2.41. The fraction of sp³-hybridized carbons (Fsp3) is 0.944. The van der Waals surface area contributed by atoms with Gasteiger partial charge in [0.15, 0.2) is 0 Å². The molecule has 2 heterocycles. The second-order valence-corrected chi connectivity index (χ2v) is 8.80. The summed E-state index contributed by atoms with van der Waals surface area (Å²) in [5.74, 6) is 0. The average Bonchev–Trinajstić information content (AvgIpc) is 2.68. The highest BCUT2D eigenvalue weighted by atomic mass is 16.6. The van der Waals surface area contributed by atoms with Crippen molar-refractivity contribution in [3.63, 3.8) is 0 Å². The van der Waals surface area contributed by atoms with Gasteiger partial charge in [-0.3, -0.25) is 4.90 Å². The Morgan fingerprint density at radius 3 is 2.45 bits per heavy atom. The minimum Gasteiger partial charge on any atom is -0.450 e. The van der Waals surface area contributed by atoms with Gasteiger partial charge in [-0.05, 0) is 49.9 Å². The molecule has 0 spiro atoms. The number of carbonyl (C=O) groups is 1. The minimum atomic E-state index is -0.130. The van der Waals surface area contributed by atoms with Gasteiger partial charge in [-0.2, -0.15) is 0 Å². The van der Waals surface area contributed by atoms with Crippen molar-refractivity contribution in [1.82, 2.24) is 9.80 Å². The maximum atomic E-state index is 11.8. The Morgan fingerprint density at radius 1 is 1.14 bits per heavy atom. The standard InChI is InChI=1S/C18H32N2O2/c1-5-22-16(21)19-8-6-14(7-9-19)20-13-18(4)11-15(20)10-17(2,3)12-18/h14-15H,5-13H2,1-4H3/t15-,18-/m0/s1. The molecule has 0 aromatic carbocycles. The van der Waals surface area contributed by atoms with Crippen molar-refractivity contribution < 1.29 is 9.53 Å². The van der Waals surface area contributed by atoms with Gasteiger partial charge in [0, 0.05) is 31.7 Å². The van der Waals surface area contributed by atoms with Crippen LogP contribution in [-0.4, -0.2) is 54.2 Å². The number of ether oxygens (including phenoxy) is 1. The molecular weight excluding hydrogens is 276 g/mol. The van der Waals surface area contributed by atoms with Crippen LogP contribution in [0.15, 0.2) is 0 Å². The molecule has 2 saturated heterocycles. The number of fused-ring (bicyclic) bond motifs is 2. The third-order valence-corrected chi connectivity index (χ3v) is 5.91. The molecule has 2 aliphatic heterocycles. The SMILES string of the molecule is CCOC(=O)N1CCC(N2C[C@@]3(C)C[C@@H]2CC(C)(C)C3)CC1. The number of amides is 1. The molecule has 126 valence electrons. The zero-order valence-electron chi connectivity index (χ0n) is 14.7. The van der Waals surface area contributed by atoms with E-state index in [1.807, 2.05) is 11.8 Å². The number of rotatable bonds is 2. The highest BCUT2D eigenvalue weighted by molar-refractivity contribution is 5.67. The summed E-state index contributed by atoms with van der Waals surface area (Å²) in [6.45, 7) is 12.7. The number of carbonyl (C=O) groups excluding carboxylic acids is 1. The molecule has 3 aliphatic rings. The first-order valence-corrected chi connectivity index (χ1v) is 8.99. The minimum absolute atomic E-state index is 0.130. The molecule has 3 fully saturated rings. The second-order valence-electron chi connectivity index (χ2n) is 8.80. The number of likely N-dealkylation sites (tertiary alicyclic amines) is 2. The van der Waals surface area contributed by atoms with E-state index in [1.165, 1.54) is 25.8 Å². The number of hydrogen-bond donors (Lipinski definition) is 0. The van der Waals surface area contributed by atoms with Crippen molar-refractivity contribution in [2.24, 2.45) is 10.8 Å². The Hall–Kier alpha value is -0.770. The van der Waals surface area contributed by atoms with Crippen molar-refractivity contribution in [3.8, 4) is 0 Å². The quantitative estimate of drug-likeness (QED) is 0.782. The molecule has 4 heteroatoms. The fourth-order valence-corrected chi connectivity index (χ4v) is 5.53. The Kier molecular flexibility index (Phi) is 4.17. The van der Waals surface area contributed by atoms with Gasteiger partial charge in [-0.1, -0.05) is 20.8 Å². The number of piperidine rings is 1. The van der Waals surface area contributed by atoms with E-state index in [0.717, 1.165) is 32.0 Å². The molecule has 0 unspecified atom stereocenters. The first kappa shape index (κ1) is 16.1. The number of hydrogen-bond acceptors (Lipinski definition) is 3. The van der Waals surface area contributed by atoms with E-state index in [9.17, 15) is 4.79 Å². The van der Waals surface area contributed by atoms with Crippen molar-refractivity contribution in [2.45, 2.75) is 71.9 Å². The summed E-state index contributed by atoms with van der Waals surface area (Å²) < 4.78 is 5.13. The molecule has 0 radical (unpaired) electrons. The molecule has 2 atom stereocenters. The van der Waals surface area contributed by atoms with Crippen LogP contribution in [0.2, 0.25) is 0 Å². The van der Waals surface area contributed by atoms with E-state index < -0.39 is 0 Å². The third-order valence-electron chi connectivity index (χ3n) is 5.91. The Balaban J connectivity index is 1.59. The summed E-state index contributed by atoms with van der Waals surface area (Å²) >= 11 is 0. The molecule has 1 saturated carbocycles. The molecular formula is C18H32N2O2. The van der Waals surface area contributed by atoms with Gasteiger partial charge in [0.25, 0.3) is 0 Å². The van der Waals surface area contributed by atoms with Crippen LogP contribution in [0.3, 0.4) is 0 Å². The van der Waals surface area contributed by atoms with Gasteiger partial charge < -0.3 is 9.64 Å². The zero-order chi connectivity index (χ0) is 16.0. The predicted octanol–water partition coefficient (Wildman–Crippen LogP) is 3.51. The molecule has 22 heavy (non-hydrogen) atoms. The molecule has 3 rings (SSSR count). The van der Waals surface area contributed by atoms with Crippen LogP contribution >= 0.6 is 0 Å². The van der Waals surface area contributed by atoms with E-state index >= 15 is 0 Å². The lowest BCUT2D eigenvalue weighted by atomic mass is 9.65. The zero-order valence-corrected chi connectivity index (χ0v) is 14.7. The van der Waals surface area contributed by atoms with Crippen LogP contribution in [-0.2, 0) is 4.74 Å². The summed E-state index contributed by atoms with van der Waals surface area (Å²) in [7, 11) is 0. The van der Waals surface area contributed by atoms with Gasteiger partial charge in [0.05, 0.1) is 6.61 Å². The van der Waals surface area contributed by atoms with Crippen LogP contribution in [0.1, 0.15) is 59.8 Å². The Bertz CT molecular complexity index is 429. The van der Waals surface area contributed by atoms with Crippen molar-refractivity contribution in [3.05, 3.63) is 0 Å². The summed E-state index contributed by atoms with van der Waals surface area (Å²) in [4.78, 5) is 16.5. The van der Waals surface area contributed by atoms with Crippen LogP contribution in [0, 0.1) is 10.8 Å². The lowest BCUT2D eigenvalue weighted by Crippen LogP contribution is -2.48. The maximum Gasteiger partial charge on any atom is 0.409 e. The predicted molar refractivity (Wildman–Crippen MR) is 87.9 cm³/mol. The largest absolute Gasteiger partial charge is 0.450 e. The van der Waals surface area contributed by atoms with E-state index in [1.54, 1.807) is 0 Å². The lowest BCUT2D eigenvalue weighted by molar-refractivity contribution is 0.0653. The van der Waals surface area contributed by atoms with Crippen LogP contribution in [0.4, 0.5) is 4.79 Å². The molecule has 4 nitrogen and oxygen atoms in total. The summed E-state index contributed by atoms with van der Waals surface area (Å²) in [6.07, 6.45) is 6.14. The van der Waals surface area contributed by atoms with Crippen LogP contribution in [0.5, 0.6) is 0 Å². The fourth-order valence-electron chi connectivity index (χ4n) is 5.53. The normalized spacial score (nSPS) is 35.6. The van der Waals surface area contributed by atoms with Gasteiger partial charge >= 0.3 is 6.09 Å². The Morgan fingerprint density at radius 2 is 1.82 bits per heavy atom. The smallest absolute Gasteiger partial charge is 0.409 e. The number of nitrogens with zero attached hydrogens (tertiary/aromatic N) is 2. The topological polar surface area (TPSA) is 32.8 Å². The van der Waals surface area contributed by atoms with Gasteiger partial charge in [-0.15, -0.1) is 0 Å². The average molecular weight is 308 g/mol. The summed E-state index contributed by atoms with van der Waals surface area (Å²) in [5, 5.41) is 0. The third kappa shape index (κ3) is 3.12. The molecule has 1 aliphatic carbocycles. The first-order chi connectivity index (χ1) is 10.3. The van der Waals surface area contributed by atoms with Crippen LogP contribution < -0.4 is 0 Å². The second kappa shape index (κ2) is 5.70. The van der Waals surface area contributed by atoms with Crippen molar-refractivity contribution in [1.29, 1.82) is 0 Å². The van der Waals surface area contributed by atoms with Gasteiger partial charge in [-0.25, -0.2) is 4.79 Å².